The van der Waals surface area contributed by atoms with Gasteiger partial charge >= 0.3 is 0 Å². The average molecular weight is 359 g/mol. The van der Waals surface area contributed by atoms with Crippen LogP contribution < -0.4 is 0 Å². The van der Waals surface area contributed by atoms with Crippen molar-refractivity contribution in [3.63, 3.8) is 0 Å². The van der Waals surface area contributed by atoms with Crippen LogP contribution in [0.3, 0.4) is 0 Å². The van der Waals surface area contributed by atoms with Crippen LogP contribution in [0.15, 0.2) is 53.0 Å². The van der Waals surface area contributed by atoms with Gasteiger partial charge in [0.05, 0.1) is 16.3 Å². The summed E-state index contributed by atoms with van der Waals surface area (Å²) in [6.45, 7) is 0. The molecule has 0 fully saturated rings. The molecular weight excluding hydrogens is 348 g/mol. The number of benzene rings is 2. The third-order valence-corrected chi connectivity index (χ3v) is 4.83. The Morgan fingerprint density at radius 2 is 2.00 bits per heavy atom. The van der Waals surface area contributed by atoms with Gasteiger partial charge in [-0.2, -0.15) is 5.26 Å². The lowest BCUT2D eigenvalue weighted by Gasteiger charge is -2.15. The van der Waals surface area contributed by atoms with E-state index >= 15 is 0 Å². The standard InChI is InChI=1S/C16H11BrN2OS/c17-11-5-3-4-10(8-11)15(20)12(9-18)16-19-13-6-1-2-7-14(13)21-16/h1-8,12,15,20H. The van der Waals surface area contributed by atoms with Crippen LogP contribution in [0.1, 0.15) is 22.6 Å². The van der Waals surface area contributed by atoms with Gasteiger partial charge in [0.25, 0.3) is 0 Å². The van der Waals surface area contributed by atoms with E-state index in [-0.39, 0.29) is 0 Å². The highest BCUT2D eigenvalue weighted by Gasteiger charge is 2.26. The lowest BCUT2D eigenvalue weighted by molar-refractivity contribution is 0.164. The summed E-state index contributed by atoms with van der Waals surface area (Å²) >= 11 is 4.83. The number of hydrogen-bond donors (Lipinski definition) is 1. The van der Waals surface area contributed by atoms with Crippen molar-refractivity contribution in [2.45, 2.75) is 12.0 Å². The van der Waals surface area contributed by atoms with Crippen molar-refractivity contribution in [3.8, 4) is 6.07 Å². The van der Waals surface area contributed by atoms with Crippen LogP contribution in [0.2, 0.25) is 0 Å². The van der Waals surface area contributed by atoms with E-state index in [1.807, 2.05) is 48.5 Å². The molecule has 0 amide bonds. The largest absolute Gasteiger partial charge is 0.387 e. The fourth-order valence-corrected chi connectivity index (χ4v) is 3.63. The summed E-state index contributed by atoms with van der Waals surface area (Å²) in [5.41, 5.74) is 1.56. The monoisotopic (exact) mass is 358 g/mol. The minimum absolute atomic E-state index is 0.645. The van der Waals surface area contributed by atoms with Crippen LogP contribution >= 0.6 is 27.3 Å². The van der Waals surface area contributed by atoms with Gasteiger partial charge in [-0.25, -0.2) is 4.98 Å². The van der Waals surface area contributed by atoms with Gasteiger partial charge in [0.2, 0.25) is 0 Å². The Bertz CT molecular complexity index is 791. The van der Waals surface area contributed by atoms with E-state index in [4.69, 9.17) is 0 Å². The van der Waals surface area contributed by atoms with Gasteiger partial charge < -0.3 is 5.11 Å². The average Bonchev–Trinajstić information content (AvgIpc) is 2.91. The maximum absolute atomic E-state index is 10.5. The summed E-state index contributed by atoms with van der Waals surface area (Å²) in [4.78, 5) is 4.48. The Balaban J connectivity index is 1.99. The Morgan fingerprint density at radius 3 is 2.71 bits per heavy atom. The van der Waals surface area contributed by atoms with Crippen LogP contribution in [-0.4, -0.2) is 10.1 Å². The van der Waals surface area contributed by atoms with Gasteiger partial charge in [-0.15, -0.1) is 11.3 Å². The maximum atomic E-state index is 10.5. The van der Waals surface area contributed by atoms with Crippen LogP contribution in [0.5, 0.6) is 0 Å². The number of nitrogens with zero attached hydrogens (tertiary/aromatic N) is 2. The first-order chi connectivity index (χ1) is 10.2. The summed E-state index contributed by atoms with van der Waals surface area (Å²) in [5, 5.41) is 20.6. The van der Waals surface area contributed by atoms with E-state index in [2.05, 4.69) is 27.0 Å². The molecule has 3 aromatic rings. The van der Waals surface area contributed by atoms with Crippen molar-refractivity contribution in [1.29, 1.82) is 5.26 Å². The third kappa shape index (κ3) is 2.84. The number of rotatable bonds is 3. The van der Waals surface area contributed by atoms with E-state index in [9.17, 15) is 10.4 Å². The molecule has 2 unspecified atom stereocenters. The van der Waals surface area contributed by atoms with Crippen molar-refractivity contribution >= 4 is 37.5 Å². The lowest BCUT2D eigenvalue weighted by atomic mass is 9.97. The highest BCUT2D eigenvalue weighted by Crippen LogP contribution is 2.35. The maximum Gasteiger partial charge on any atom is 0.128 e. The quantitative estimate of drug-likeness (QED) is 0.754. The molecule has 104 valence electrons. The number of halogens is 1. The fourth-order valence-electron chi connectivity index (χ4n) is 2.17. The van der Waals surface area contributed by atoms with E-state index in [1.165, 1.54) is 11.3 Å². The summed E-state index contributed by atoms with van der Waals surface area (Å²) in [6, 6.07) is 17.3. The van der Waals surface area contributed by atoms with Crippen molar-refractivity contribution in [2.75, 3.05) is 0 Å². The Morgan fingerprint density at radius 1 is 1.19 bits per heavy atom. The second-order valence-electron chi connectivity index (χ2n) is 4.63. The summed E-state index contributed by atoms with van der Waals surface area (Å²) in [6.07, 6.45) is -0.895. The number of nitriles is 1. The van der Waals surface area contributed by atoms with Gasteiger partial charge in [-0.3, -0.25) is 0 Å². The topological polar surface area (TPSA) is 56.9 Å². The van der Waals surface area contributed by atoms with E-state index in [1.54, 1.807) is 0 Å². The second kappa shape index (κ2) is 5.94. The molecule has 1 N–H and O–H groups in total. The molecule has 0 spiro atoms. The first-order valence-corrected chi connectivity index (χ1v) is 7.98. The molecule has 0 aliphatic heterocycles. The minimum Gasteiger partial charge on any atom is -0.387 e. The number of fused-ring (bicyclic) bond motifs is 1. The van der Waals surface area contributed by atoms with Crippen molar-refractivity contribution in [1.82, 2.24) is 4.98 Å². The zero-order valence-electron chi connectivity index (χ0n) is 10.9. The van der Waals surface area contributed by atoms with Gasteiger partial charge in [-0.1, -0.05) is 40.2 Å². The van der Waals surface area contributed by atoms with Gasteiger partial charge in [0.1, 0.15) is 17.0 Å². The number of aliphatic hydroxyl groups is 1. The molecule has 2 atom stereocenters. The molecule has 0 saturated carbocycles. The minimum atomic E-state index is -0.895. The Labute approximate surface area is 134 Å². The Hall–Kier alpha value is -1.74. The summed E-state index contributed by atoms with van der Waals surface area (Å²) in [7, 11) is 0. The van der Waals surface area contributed by atoms with Crippen LogP contribution in [0.25, 0.3) is 10.2 Å². The molecule has 1 heterocycles. The number of aromatic nitrogens is 1. The van der Waals surface area contributed by atoms with Gasteiger partial charge in [0, 0.05) is 4.47 Å². The first kappa shape index (κ1) is 14.2. The van der Waals surface area contributed by atoms with Crippen molar-refractivity contribution < 1.29 is 5.11 Å². The molecule has 0 radical (unpaired) electrons. The fraction of sp³-hybridized carbons (Fsp3) is 0.125. The van der Waals surface area contributed by atoms with Crippen molar-refractivity contribution in [3.05, 3.63) is 63.6 Å². The normalized spacial score (nSPS) is 13.8. The van der Waals surface area contributed by atoms with Gasteiger partial charge in [0.15, 0.2) is 0 Å². The highest BCUT2D eigenvalue weighted by atomic mass is 79.9. The molecular formula is C16H11BrN2OS. The van der Waals surface area contributed by atoms with Gasteiger partial charge in [-0.05, 0) is 29.8 Å². The van der Waals surface area contributed by atoms with Crippen molar-refractivity contribution in [2.24, 2.45) is 0 Å². The predicted octanol–water partition coefficient (Wildman–Crippen LogP) is 4.40. The predicted molar refractivity (Wildman–Crippen MR) is 87.1 cm³/mol. The van der Waals surface area contributed by atoms with E-state index in [0.29, 0.717) is 10.6 Å². The molecule has 0 aliphatic carbocycles. The molecule has 2 aromatic carbocycles. The second-order valence-corrected chi connectivity index (χ2v) is 6.60. The van der Waals surface area contributed by atoms with E-state index < -0.39 is 12.0 Å². The number of hydrogen-bond acceptors (Lipinski definition) is 4. The highest BCUT2D eigenvalue weighted by molar-refractivity contribution is 9.10. The zero-order valence-corrected chi connectivity index (χ0v) is 13.3. The molecule has 0 saturated heterocycles. The van der Waals surface area contributed by atoms with Crippen LogP contribution in [-0.2, 0) is 0 Å². The molecule has 21 heavy (non-hydrogen) atoms. The summed E-state index contributed by atoms with van der Waals surface area (Å²) < 4.78 is 1.90. The zero-order chi connectivity index (χ0) is 14.8. The first-order valence-electron chi connectivity index (χ1n) is 6.37. The number of para-hydroxylation sites is 1. The van der Waals surface area contributed by atoms with Crippen LogP contribution in [0.4, 0.5) is 0 Å². The molecule has 3 rings (SSSR count). The van der Waals surface area contributed by atoms with E-state index in [0.717, 1.165) is 14.7 Å². The molecule has 0 bridgehead atoms. The smallest absolute Gasteiger partial charge is 0.128 e. The molecule has 3 nitrogen and oxygen atoms in total. The third-order valence-electron chi connectivity index (χ3n) is 3.22. The Kier molecular flexibility index (Phi) is 4.02. The lowest BCUT2D eigenvalue weighted by Crippen LogP contribution is -2.09. The molecule has 1 aromatic heterocycles. The van der Waals surface area contributed by atoms with Crippen LogP contribution in [0, 0.1) is 11.3 Å². The molecule has 5 heteroatoms. The summed E-state index contributed by atoms with van der Waals surface area (Å²) in [5.74, 6) is -0.670. The number of aliphatic hydroxyl groups excluding tert-OH is 1. The SMILES string of the molecule is N#CC(c1nc2ccccc2s1)C(O)c1cccc(Br)c1. The number of thiazole rings is 1. The molecule has 0 aliphatic rings.